The van der Waals surface area contributed by atoms with E-state index in [1.807, 2.05) is 11.0 Å². The van der Waals surface area contributed by atoms with E-state index < -0.39 is 11.6 Å². The number of amides is 1. The highest BCUT2D eigenvalue weighted by atomic mass is 19.2. The van der Waals surface area contributed by atoms with Crippen LogP contribution in [0.2, 0.25) is 0 Å². The van der Waals surface area contributed by atoms with Gasteiger partial charge in [-0.05, 0) is 55.5 Å². The van der Waals surface area contributed by atoms with Gasteiger partial charge in [-0.1, -0.05) is 6.07 Å². The summed E-state index contributed by atoms with van der Waals surface area (Å²) in [5.41, 5.74) is 0.941. The van der Waals surface area contributed by atoms with Crippen LogP contribution in [0, 0.1) is 23.0 Å². The largest absolute Gasteiger partial charge is 0.350 e. The van der Waals surface area contributed by atoms with E-state index in [0.29, 0.717) is 25.1 Å². The van der Waals surface area contributed by atoms with Crippen molar-refractivity contribution in [3.63, 3.8) is 0 Å². The molecule has 3 saturated heterocycles. The molecular weight excluding hydrogens is 412 g/mol. The molecule has 4 aliphatic rings. The number of piperazine rings is 1. The minimum absolute atomic E-state index is 0.126. The molecule has 6 rings (SSSR count). The van der Waals surface area contributed by atoms with E-state index in [0.717, 1.165) is 49.7 Å². The van der Waals surface area contributed by atoms with Gasteiger partial charge in [-0.2, -0.15) is 5.26 Å². The maximum atomic E-state index is 13.6. The molecule has 4 heterocycles. The van der Waals surface area contributed by atoms with Gasteiger partial charge in [0.15, 0.2) is 11.6 Å². The summed E-state index contributed by atoms with van der Waals surface area (Å²) in [7, 11) is 0. The summed E-state index contributed by atoms with van der Waals surface area (Å²) in [6, 6.07) is 10.2. The number of rotatable bonds is 6. The van der Waals surface area contributed by atoms with E-state index in [2.05, 4.69) is 21.3 Å². The van der Waals surface area contributed by atoms with E-state index in [1.165, 1.54) is 6.07 Å². The van der Waals surface area contributed by atoms with Gasteiger partial charge in [0.05, 0.1) is 5.56 Å². The zero-order chi connectivity index (χ0) is 22.3. The minimum Gasteiger partial charge on any atom is -0.350 e. The second-order valence-electron chi connectivity index (χ2n) is 8.99. The average molecular weight is 437 g/mol. The van der Waals surface area contributed by atoms with Gasteiger partial charge in [0.1, 0.15) is 11.9 Å². The first-order chi connectivity index (χ1) is 15.5. The van der Waals surface area contributed by atoms with Crippen molar-refractivity contribution in [3.8, 4) is 6.07 Å². The molecule has 0 unspecified atom stereocenters. The van der Waals surface area contributed by atoms with Crippen molar-refractivity contribution in [1.82, 2.24) is 15.2 Å². The number of halogens is 2. The van der Waals surface area contributed by atoms with E-state index in [9.17, 15) is 13.6 Å². The number of anilines is 1. The lowest BCUT2D eigenvalue weighted by molar-refractivity contribution is -0.136. The Labute approximate surface area is 185 Å². The van der Waals surface area contributed by atoms with Crippen molar-refractivity contribution in [1.29, 1.82) is 5.26 Å². The van der Waals surface area contributed by atoms with Crippen LogP contribution < -0.4 is 10.2 Å². The summed E-state index contributed by atoms with van der Waals surface area (Å²) in [5.74, 6) is -0.696. The predicted octanol–water partition coefficient (Wildman–Crippen LogP) is 3.08. The minimum atomic E-state index is -0.842. The number of nitrogens with zero attached hydrogens (tertiary/aromatic N) is 4. The third kappa shape index (κ3) is 3.82. The maximum absolute atomic E-state index is 13.6. The van der Waals surface area contributed by atoms with E-state index in [4.69, 9.17) is 5.26 Å². The first kappa shape index (κ1) is 20.8. The highest BCUT2D eigenvalue weighted by Gasteiger charge is 2.45. The van der Waals surface area contributed by atoms with Gasteiger partial charge in [-0.15, -0.1) is 0 Å². The third-order valence-corrected chi connectivity index (χ3v) is 7.05. The fraction of sp³-hybridized carbons (Fsp3) is 0.458. The highest BCUT2D eigenvalue weighted by molar-refractivity contribution is 5.77. The molecule has 1 N–H and O–H groups in total. The van der Waals surface area contributed by atoms with Crippen molar-refractivity contribution in [3.05, 3.63) is 59.3 Å². The Balaban J connectivity index is 1.17. The van der Waals surface area contributed by atoms with Crippen molar-refractivity contribution < 1.29 is 13.6 Å². The zero-order valence-corrected chi connectivity index (χ0v) is 17.7. The summed E-state index contributed by atoms with van der Waals surface area (Å²) >= 11 is 0. The number of hydrogen-bond donors (Lipinski definition) is 1. The van der Waals surface area contributed by atoms with Crippen LogP contribution in [-0.4, -0.2) is 47.5 Å². The Morgan fingerprint density at radius 1 is 1.16 bits per heavy atom. The summed E-state index contributed by atoms with van der Waals surface area (Å²) in [5, 5.41) is 12.4. The molecule has 0 spiro atoms. The first-order valence-corrected chi connectivity index (χ1v) is 11.1. The molecule has 1 aromatic heterocycles. The third-order valence-electron chi connectivity index (χ3n) is 7.05. The maximum Gasteiger partial charge on any atom is 0.224 e. The van der Waals surface area contributed by atoms with Crippen LogP contribution in [0.15, 0.2) is 36.5 Å². The average Bonchev–Trinajstić information content (AvgIpc) is 3.62. The van der Waals surface area contributed by atoms with Crippen molar-refractivity contribution in [2.75, 3.05) is 24.5 Å². The second-order valence-corrected chi connectivity index (χ2v) is 8.99. The van der Waals surface area contributed by atoms with Crippen LogP contribution >= 0.6 is 0 Å². The first-order valence-electron chi connectivity index (χ1n) is 11.1. The van der Waals surface area contributed by atoms with Gasteiger partial charge in [0, 0.05) is 49.9 Å². The van der Waals surface area contributed by atoms with Crippen molar-refractivity contribution in [2.24, 2.45) is 0 Å². The number of carbonyl (C=O) groups is 1. The lowest BCUT2D eigenvalue weighted by Gasteiger charge is -2.52. The molecule has 1 aliphatic carbocycles. The van der Waals surface area contributed by atoms with Gasteiger partial charge in [-0.3, -0.25) is 4.79 Å². The van der Waals surface area contributed by atoms with Gasteiger partial charge < -0.3 is 15.1 Å². The highest BCUT2D eigenvalue weighted by Crippen LogP contribution is 2.45. The van der Waals surface area contributed by atoms with Gasteiger partial charge in [-0.25, -0.2) is 13.8 Å². The number of nitriles is 1. The molecule has 166 valence electrons. The SMILES string of the molecule is N#Cc1ccc(N2C[C@@H]3CC[C@H]2CN3C(=O)CCNC2(c3ccc(F)c(F)c3)CC2)nc1. The van der Waals surface area contributed by atoms with Crippen molar-refractivity contribution in [2.45, 2.75) is 49.7 Å². The Morgan fingerprint density at radius 3 is 2.59 bits per heavy atom. The molecule has 1 aromatic carbocycles. The van der Waals surface area contributed by atoms with Crippen LogP contribution in [0.5, 0.6) is 0 Å². The van der Waals surface area contributed by atoms with E-state index in [-0.39, 0.29) is 23.5 Å². The number of nitrogens with one attached hydrogen (secondary N) is 1. The fourth-order valence-corrected chi connectivity index (χ4v) is 5.08. The van der Waals surface area contributed by atoms with Crippen LogP contribution in [0.3, 0.4) is 0 Å². The summed E-state index contributed by atoms with van der Waals surface area (Å²) in [6.45, 7) is 1.94. The Morgan fingerprint density at radius 2 is 1.97 bits per heavy atom. The molecule has 3 aliphatic heterocycles. The smallest absolute Gasteiger partial charge is 0.224 e. The number of aromatic nitrogens is 1. The molecule has 1 saturated carbocycles. The number of pyridine rings is 1. The van der Waals surface area contributed by atoms with Crippen LogP contribution in [0.4, 0.5) is 14.6 Å². The lowest BCUT2D eigenvalue weighted by atomic mass is 9.90. The summed E-state index contributed by atoms with van der Waals surface area (Å²) < 4.78 is 26.9. The van der Waals surface area contributed by atoms with Crippen LogP contribution in [0.25, 0.3) is 0 Å². The molecule has 0 radical (unpaired) electrons. The molecule has 2 atom stereocenters. The monoisotopic (exact) mass is 437 g/mol. The molecule has 32 heavy (non-hydrogen) atoms. The quantitative estimate of drug-likeness (QED) is 0.752. The number of hydrogen-bond acceptors (Lipinski definition) is 5. The summed E-state index contributed by atoms with van der Waals surface area (Å²) in [6.07, 6.45) is 5.68. The van der Waals surface area contributed by atoms with E-state index in [1.54, 1.807) is 18.3 Å². The van der Waals surface area contributed by atoms with Crippen LogP contribution in [-0.2, 0) is 10.3 Å². The number of fused-ring (bicyclic) bond motifs is 3. The summed E-state index contributed by atoms with van der Waals surface area (Å²) in [4.78, 5) is 21.6. The lowest BCUT2D eigenvalue weighted by Crippen LogP contribution is -2.64. The predicted molar refractivity (Wildman–Crippen MR) is 115 cm³/mol. The molecule has 2 aromatic rings. The Hall–Kier alpha value is -3.05. The standard InChI is InChI=1S/C24H25F2N5O/c25-20-5-2-17(11-21(20)26)24(8-9-24)29-10-7-23(32)31-15-18-3-4-19(31)14-30(18)22-6-1-16(12-27)13-28-22/h1-2,5-6,11,13,18-19,29H,3-4,7-10,14-15H2/t18-,19-/m0/s1. The topological polar surface area (TPSA) is 72.3 Å². The molecule has 2 bridgehead atoms. The molecule has 4 fully saturated rings. The Bertz CT molecular complexity index is 1060. The number of carbonyl (C=O) groups excluding carboxylic acids is 1. The normalized spacial score (nSPS) is 23.2. The van der Waals surface area contributed by atoms with Gasteiger partial charge in [0.2, 0.25) is 5.91 Å². The van der Waals surface area contributed by atoms with Gasteiger partial charge in [0.25, 0.3) is 0 Å². The molecular formula is C24H25F2N5O. The Kier molecular flexibility index (Phi) is 5.30. The fourth-order valence-electron chi connectivity index (χ4n) is 5.08. The molecule has 1 amide bonds. The molecule has 8 heteroatoms. The van der Waals surface area contributed by atoms with E-state index >= 15 is 0 Å². The van der Waals surface area contributed by atoms with Crippen molar-refractivity contribution >= 4 is 11.7 Å². The number of piperidine rings is 2. The van der Waals surface area contributed by atoms with Gasteiger partial charge >= 0.3 is 0 Å². The molecule has 6 nitrogen and oxygen atoms in total. The van der Waals surface area contributed by atoms with Crippen LogP contribution in [0.1, 0.15) is 43.2 Å². The second kappa shape index (κ2) is 8.14. The zero-order valence-electron chi connectivity index (χ0n) is 17.7. The number of benzene rings is 1.